The van der Waals surface area contributed by atoms with E-state index < -0.39 is 5.51 Å². The molecule has 1 aromatic rings. The van der Waals surface area contributed by atoms with Crippen LogP contribution in [0.1, 0.15) is 5.56 Å². The molecule has 0 spiro atoms. The van der Waals surface area contributed by atoms with E-state index in [1.54, 1.807) is 18.2 Å². The SMILES string of the molecule is N#Cc1cccc(NCCSC(F)(F)F)c1N. The fraction of sp³-hybridized carbons (Fsp3) is 0.300. The summed E-state index contributed by atoms with van der Waals surface area (Å²) in [6.07, 6.45) is 0. The molecular weight excluding hydrogens is 251 g/mol. The van der Waals surface area contributed by atoms with Gasteiger partial charge in [-0.05, 0) is 23.9 Å². The Morgan fingerprint density at radius 3 is 2.71 bits per heavy atom. The predicted octanol–water partition coefficient (Wildman–Crippen LogP) is 2.81. The van der Waals surface area contributed by atoms with Gasteiger partial charge >= 0.3 is 5.51 Å². The van der Waals surface area contributed by atoms with Gasteiger partial charge in [-0.3, -0.25) is 0 Å². The highest BCUT2D eigenvalue weighted by atomic mass is 32.2. The van der Waals surface area contributed by atoms with Gasteiger partial charge in [-0.25, -0.2) is 0 Å². The van der Waals surface area contributed by atoms with Crippen LogP contribution in [0.5, 0.6) is 0 Å². The van der Waals surface area contributed by atoms with Gasteiger partial charge in [0.05, 0.1) is 16.9 Å². The van der Waals surface area contributed by atoms with Gasteiger partial charge in [-0.1, -0.05) is 6.07 Å². The van der Waals surface area contributed by atoms with Crippen molar-refractivity contribution in [3.05, 3.63) is 23.8 Å². The van der Waals surface area contributed by atoms with Crippen LogP contribution in [0, 0.1) is 11.3 Å². The van der Waals surface area contributed by atoms with Gasteiger partial charge in [0, 0.05) is 12.3 Å². The zero-order valence-corrected chi connectivity index (χ0v) is 9.53. The van der Waals surface area contributed by atoms with Crippen LogP contribution in [-0.4, -0.2) is 17.8 Å². The van der Waals surface area contributed by atoms with E-state index in [0.29, 0.717) is 11.3 Å². The minimum absolute atomic E-state index is 0.0997. The van der Waals surface area contributed by atoms with Crippen molar-refractivity contribution in [2.75, 3.05) is 23.3 Å². The van der Waals surface area contributed by atoms with Gasteiger partial charge in [0.1, 0.15) is 6.07 Å². The molecule has 0 aliphatic rings. The maximum absolute atomic E-state index is 11.8. The Bertz CT molecular complexity index is 426. The van der Waals surface area contributed by atoms with Crippen molar-refractivity contribution >= 4 is 23.1 Å². The maximum Gasteiger partial charge on any atom is 0.441 e. The van der Waals surface area contributed by atoms with Crippen LogP contribution < -0.4 is 11.1 Å². The number of hydrogen-bond donors (Lipinski definition) is 2. The lowest BCUT2D eigenvalue weighted by atomic mass is 10.1. The first kappa shape index (κ1) is 13.5. The van der Waals surface area contributed by atoms with Crippen LogP contribution in [0.4, 0.5) is 24.5 Å². The van der Waals surface area contributed by atoms with Gasteiger partial charge in [-0.2, -0.15) is 18.4 Å². The second-order valence-electron chi connectivity index (χ2n) is 3.10. The zero-order chi connectivity index (χ0) is 12.9. The van der Waals surface area contributed by atoms with Gasteiger partial charge in [0.15, 0.2) is 0 Å². The van der Waals surface area contributed by atoms with Crippen molar-refractivity contribution in [3.63, 3.8) is 0 Å². The lowest BCUT2D eigenvalue weighted by Crippen LogP contribution is -2.10. The first-order valence-corrected chi connectivity index (χ1v) is 5.66. The molecule has 3 nitrogen and oxygen atoms in total. The van der Waals surface area contributed by atoms with E-state index >= 15 is 0 Å². The highest BCUT2D eigenvalue weighted by Gasteiger charge is 2.27. The van der Waals surface area contributed by atoms with E-state index in [9.17, 15) is 13.2 Å². The smallest absolute Gasteiger partial charge is 0.396 e. The second-order valence-corrected chi connectivity index (χ2v) is 4.26. The van der Waals surface area contributed by atoms with Crippen molar-refractivity contribution in [1.29, 1.82) is 5.26 Å². The molecule has 0 fully saturated rings. The molecule has 0 saturated carbocycles. The number of nitrogens with zero attached hydrogens (tertiary/aromatic N) is 1. The van der Waals surface area contributed by atoms with Gasteiger partial charge < -0.3 is 11.1 Å². The minimum Gasteiger partial charge on any atom is -0.396 e. The molecule has 92 valence electrons. The summed E-state index contributed by atoms with van der Waals surface area (Å²) < 4.78 is 35.5. The van der Waals surface area contributed by atoms with Crippen molar-refractivity contribution in [2.24, 2.45) is 0 Å². The monoisotopic (exact) mass is 261 g/mol. The quantitative estimate of drug-likeness (QED) is 0.646. The van der Waals surface area contributed by atoms with E-state index in [2.05, 4.69) is 5.32 Å². The number of anilines is 2. The van der Waals surface area contributed by atoms with E-state index in [1.165, 1.54) is 0 Å². The van der Waals surface area contributed by atoms with E-state index in [4.69, 9.17) is 11.0 Å². The molecule has 0 heterocycles. The number of nitrogens with one attached hydrogen (secondary N) is 1. The van der Waals surface area contributed by atoms with Crippen LogP contribution in [0.3, 0.4) is 0 Å². The molecule has 0 atom stereocenters. The highest BCUT2D eigenvalue weighted by molar-refractivity contribution is 8.00. The molecule has 1 aromatic carbocycles. The third kappa shape index (κ3) is 4.44. The summed E-state index contributed by atoms with van der Waals surface area (Å²) in [5.74, 6) is -0.111. The first-order valence-electron chi connectivity index (χ1n) is 4.67. The number of rotatable bonds is 4. The number of nitriles is 1. The average molecular weight is 261 g/mol. The molecule has 0 saturated heterocycles. The summed E-state index contributed by atoms with van der Waals surface area (Å²) in [4.78, 5) is 0. The van der Waals surface area contributed by atoms with Crippen molar-refractivity contribution in [3.8, 4) is 6.07 Å². The second kappa shape index (κ2) is 5.68. The van der Waals surface area contributed by atoms with Crippen molar-refractivity contribution in [1.82, 2.24) is 0 Å². The average Bonchev–Trinajstić information content (AvgIpc) is 2.25. The minimum atomic E-state index is -4.22. The molecule has 0 radical (unpaired) electrons. The third-order valence-electron chi connectivity index (χ3n) is 1.91. The Hall–Kier alpha value is -1.55. The first-order chi connectivity index (χ1) is 7.94. The Morgan fingerprint density at radius 2 is 2.12 bits per heavy atom. The van der Waals surface area contributed by atoms with Crippen molar-refractivity contribution < 1.29 is 13.2 Å². The maximum atomic E-state index is 11.8. The molecule has 7 heteroatoms. The summed E-state index contributed by atoms with van der Waals surface area (Å²) in [5, 5.41) is 11.5. The number of alkyl halides is 3. The molecule has 0 amide bonds. The molecule has 1 rings (SSSR count). The van der Waals surface area contributed by atoms with Crippen LogP contribution in [0.25, 0.3) is 0 Å². The lowest BCUT2D eigenvalue weighted by molar-refractivity contribution is -0.0327. The largest absolute Gasteiger partial charge is 0.441 e. The topological polar surface area (TPSA) is 61.8 Å². The van der Waals surface area contributed by atoms with E-state index in [-0.39, 0.29) is 29.7 Å². The van der Waals surface area contributed by atoms with Gasteiger partial charge in [-0.15, -0.1) is 0 Å². The molecular formula is C10H10F3N3S. The molecule has 0 aliphatic heterocycles. The zero-order valence-electron chi connectivity index (χ0n) is 8.71. The van der Waals surface area contributed by atoms with Gasteiger partial charge in [0.25, 0.3) is 0 Å². The van der Waals surface area contributed by atoms with Gasteiger partial charge in [0.2, 0.25) is 0 Å². The Balaban J connectivity index is 2.51. The summed E-state index contributed by atoms with van der Waals surface area (Å²) >= 11 is -0.0997. The summed E-state index contributed by atoms with van der Waals surface area (Å²) in [7, 11) is 0. The normalized spacial score (nSPS) is 10.9. The highest BCUT2D eigenvalue weighted by Crippen LogP contribution is 2.30. The summed E-state index contributed by atoms with van der Waals surface area (Å²) in [6.45, 7) is 0.128. The lowest BCUT2D eigenvalue weighted by Gasteiger charge is -2.10. The summed E-state index contributed by atoms with van der Waals surface area (Å²) in [5.41, 5.74) is 2.47. The third-order valence-corrected chi connectivity index (χ3v) is 2.65. The number of thioether (sulfide) groups is 1. The van der Waals surface area contributed by atoms with E-state index in [1.807, 2.05) is 6.07 Å². The number of benzene rings is 1. The Morgan fingerprint density at radius 1 is 1.41 bits per heavy atom. The van der Waals surface area contributed by atoms with Crippen LogP contribution in [0.2, 0.25) is 0 Å². The van der Waals surface area contributed by atoms with Crippen LogP contribution in [0.15, 0.2) is 18.2 Å². The Kier molecular flexibility index (Phi) is 4.52. The number of nitrogens with two attached hydrogens (primary N) is 1. The van der Waals surface area contributed by atoms with E-state index in [0.717, 1.165) is 0 Å². The molecule has 17 heavy (non-hydrogen) atoms. The fourth-order valence-corrected chi connectivity index (χ4v) is 1.60. The number of halogens is 3. The Labute approximate surface area is 101 Å². The molecule has 0 aliphatic carbocycles. The molecule has 3 N–H and O–H groups in total. The predicted molar refractivity (Wildman–Crippen MR) is 62.6 cm³/mol. The standard InChI is InChI=1S/C10H10F3N3S/c11-10(12,13)17-5-4-16-8-3-1-2-7(6-14)9(8)15/h1-3,16H,4-5,15H2. The molecule has 0 bridgehead atoms. The number of hydrogen-bond acceptors (Lipinski definition) is 4. The summed E-state index contributed by atoms with van der Waals surface area (Å²) in [6, 6.07) is 6.69. The fourth-order valence-electron chi connectivity index (χ4n) is 1.17. The molecule has 0 aromatic heterocycles. The van der Waals surface area contributed by atoms with Crippen LogP contribution in [-0.2, 0) is 0 Å². The number of nitrogen functional groups attached to an aromatic ring is 1. The molecule has 0 unspecified atom stereocenters. The van der Waals surface area contributed by atoms with Crippen LogP contribution >= 0.6 is 11.8 Å². The van der Waals surface area contributed by atoms with Crippen molar-refractivity contribution in [2.45, 2.75) is 5.51 Å². The number of para-hydroxylation sites is 1.